The molecule has 2 heterocycles. The Bertz CT molecular complexity index is 595. The van der Waals surface area contributed by atoms with Gasteiger partial charge < -0.3 is 5.32 Å². The van der Waals surface area contributed by atoms with E-state index in [1.54, 1.807) is 5.01 Å². The van der Waals surface area contributed by atoms with Crippen molar-refractivity contribution in [1.82, 2.24) is 19.9 Å². The van der Waals surface area contributed by atoms with Crippen molar-refractivity contribution >= 4 is 33.7 Å². The summed E-state index contributed by atoms with van der Waals surface area (Å²) in [7, 11) is -3.85. The first-order valence-corrected chi connectivity index (χ1v) is 8.52. The second-order valence-corrected chi connectivity index (χ2v) is 6.34. The lowest BCUT2D eigenvalue weighted by molar-refractivity contribution is 0.426. The maximum atomic E-state index is 12.1. The molecule has 1 aliphatic heterocycles. The fourth-order valence-electron chi connectivity index (χ4n) is 1.62. The molecule has 1 aromatic rings. The molecule has 0 spiro atoms. The minimum absolute atomic E-state index is 0.145. The number of nitrogens with zero attached hydrogens (tertiary/aromatic N) is 5. The minimum atomic E-state index is -3.85. The topological polar surface area (TPSA) is 99.9 Å². The van der Waals surface area contributed by atoms with Crippen LogP contribution in [0.2, 0.25) is 0 Å². The Morgan fingerprint density at radius 2 is 2.40 bits per heavy atom. The predicted octanol–water partition coefficient (Wildman–Crippen LogP) is 0.520. The summed E-state index contributed by atoms with van der Waals surface area (Å²) in [6.45, 7) is 5.09. The van der Waals surface area contributed by atoms with Crippen molar-refractivity contribution in [2.45, 2.75) is 25.3 Å². The van der Waals surface area contributed by atoms with Crippen molar-refractivity contribution in [2.75, 3.05) is 13.1 Å². The molecule has 0 saturated heterocycles. The summed E-state index contributed by atoms with van der Waals surface area (Å²) in [5.74, 6) is 0.523. The number of aromatic nitrogens is 2. The molecule has 0 radical (unpaired) electrons. The maximum Gasteiger partial charge on any atom is 0.305 e. The summed E-state index contributed by atoms with van der Waals surface area (Å²) in [5, 5.41) is 13.4. The van der Waals surface area contributed by atoms with Gasteiger partial charge in [0.25, 0.3) is 0 Å². The largest absolute Gasteiger partial charge is 0.354 e. The van der Waals surface area contributed by atoms with Crippen LogP contribution in [0.3, 0.4) is 0 Å². The summed E-state index contributed by atoms with van der Waals surface area (Å²) in [6.07, 6.45) is 2.76. The van der Waals surface area contributed by atoms with Crippen LogP contribution in [0.1, 0.15) is 20.3 Å². The van der Waals surface area contributed by atoms with Crippen molar-refractivity contribution in [3.05, 3.63) is 5.38 Å². The van der Waals surface area contributed by atoms with Crippen molar-refractivity contribution in [2.24, 2.45) is 15.4 Å². The third kappa shape index (κ3) is 3.31. The molecule has 1 N–H and O–H groups in total. The lowest BCUT2D eigenvalue weighted by Crippen LogP contribution is -2.38. The van der Waals surface area contributed by atoms with E-state index >= 15 is 0 Å². The van der Waals surface area contributed by atoms with Gasteiger partial charge in [-0.15, -0.1) is 9.50 Å². The average Bonchev–Trinajstić information content (AvgIpc) is 3.09. The molecule has 10 heteroatoms. The molecule has 1 aromatic heterocycles. The van der Waals surface area contributed by atoms with Crippen LogP contribution in [0.4, 0.5) is 0 Å². The van der Waals surface area contributed by atoms with E-state index in [9.17, 15) is 8.42 Å². The summed E-state index contributed by atoms with van der Waals surface area (Å²) < 4.78 is 31.5. The highest BCUT2D eigenvalue weighted by Gasteiger charge is 2.24. The van der Waals surface area contributed by atoms with Crippen LogP contribution in [0, 0.1) is 5.92 Å². The number of hydrazone groups is 1. The summed E-state index contributed by atoms with van der Waals surface area (Å²) >= 11 is 0.970. The molecule has 0 fully saturated rings. The van der Waals surface area contributed by atoms with Crippen LogP contribution >= 0.6 is 11.5 Å². The molecule has 0 bridgehead atoms. The lowest BCUT2D eigenvalue weighted by Gasteiger charge is -2.18. The maximum absolute atomic E-state index is 12.1. The van der Waals surface area contributed by atoms with E-state index in [1.165, 1.54) is 5.38 Å². The molecule has 1 atom stereocenters. The second-order valence-electron chi connectivity index (χ2n) is 4.18. The Hall–Kier alpha value is -1.55. The van der Waals surface area contributed by atoms with Crippen LogP contribution in [0.5, 0.6) is 0 Å². The van der Waals surface area contributed by atoms with Gasteiger partial charge in [0.2, 0.25) is 11.0 Å². The highest BCUT2D eigenvalue weighted by molar-refractivity contribution is 7.90. The summed E-state index contributed by atoms with van der Waals surface area (Å²) in [6, 6.07) is 0. The molecule has 8 nitrogen and oxygen atoms in total. The number of sulfonamides is 1. The van der Waals surface area contributed by atoms with Crippen LogP contribution in [-0.2, 0) is 10.0 Å². The molecule has 110 valence electrons. The fourth-order valence-corrected chi connectivity index (χ4v) is 3.24. The first-order valence-electron chi connectivity index (χ1n) is 6.24. The van der Waals surface area contributed by atoms with Gasteiger partial charge in [-0.1, -0.05) is 11.4 Å². The Morgan fingerprint density at radius 1 is 1.60 bits per heavy atom. The van der Waals surface area contributed by atoms with Crippen molar-refractivity contribution in [3.63, 3.8) is 0 Å². The van der Waals surface area contributed by atoms with Gasteiger partial charge in [0.1, 0.15) is 0 Å². The number of guanidine groups is 1. The SMILES string of the molecule is CCNC(=NS(=O)(=O)c1csnn1)N1CC(CC)C=N1. The van der Waals surface area contributed by atoms with E-state index in [0.29, 0.717) is 19.0 Å². The highest BCUT2D eigenvalue weighted by Crippen LogP contribution is 2.14. The first-order chi connectivity index (χ1) is 9.56. The Morgan fingerprint density at radius 3 is 2.95 bits per heavy atom. The third-order valence-corrected chi connectivity index (χ3v) is 4.53. The summed E-state index contributed by atoms with van der Waals surface area (Å²) in [4.78, 5) is 0. The molecule has 0 amide bonds. The van der Waals surface area contributed by atoms with Gasteiger partial charge in [0.15, 0.2) is 0 Å². The molecule has 1 unspecified atom stereocenters. The van der Waals surface area contributed by atoms with E-state index in [0.717, 1.165) is 18.0 Å². The van der Waals surface area contributed by atoms with E-state index in [1.807, 2.05) is 13.1 Å². The van der Waals surface area contributed by atoms with E-state index < -0.39 is 10.0 Å². The smallest absolute Gasteiger partial charge is 0.305 e. The third-order valence-electron chi connectivity index (χ3n) is 2.74. The highest BCUT2D eigenvalue weighted by atomic mass is 32.2. The number of rotatable bonds is 4. The van der Waals surface area contributed by atoms with Gasteiger partial charge in [-0.05, 0) is 24.9 Å². The van der Waals surface area contributed by atoms with Gasteiger partial charge in [0.05, 0.1) is 11.9 Å². The zero-order valence-corrected chi connectivity index (χ0v) is 12.9. The zero-order valence-electron chi connectivity index (χ0n) is 11.2. The van der Waals surface area contributed by atoms with Crippen LogP contribution in [-0.4, -0.2) is 48.3 Å². The number of nitrogens with one attached hydrogen (secondary N) is 1. The van der Waals surface area contributed by atoms with Crippen LogP contribution in [0.15, 0.2) is 19.9 Å². The molecule has 0 aromatic carbocycles. The Kier molecular flexibility index (Phi) is 4.65. The summed E-state index contributed by atoms with van der Waals surface area (Å²) in [5.41, 5.74) is 0. The van der Waals surface area contributed by atoms with Crippen molar-refractivity contribution < 1.29 is 8.42 Å². The first kappa shape index (κ1) is 14.9. The van der Waals surface area contributed by atoms with E-state index in [-0.39, 0.29) is 11.0 Å². The molecule has 2 rings (SSSR count). The van der Waals surface area contributed by atoms with Crippen LogP contribution in [0.25, 0.3) is 0 Å². The normalized spacial score (nSPS) is 19.6. The average molecular weight is 316 g/mol. The monoisotopic (exact) mass is 316 g/mol. The van der Waals surface area contributed by atoms with Gasteiger partial charge in [0, 0.05) is 18.7 Å². The fraction of sp³-hybridized carbons (Fsp3) is 0.600. The van der Waals surface area contributed by atoms with Gasteiger partial charge in [-0.2, -0.15) is 13.5 Å². The zero-order chi connectivity index (χ0) is 14.6. The van der Waals surface area contributed by atoms with Crippen molar-refractivity contribution in [1.29, 1.82) is 0 Å². The second kappa shape index (κ2) is 6.27. The van der Waals surface area contributed by atoms with Crippen LogP contribution < -0.4 is 5.32 Å². The molecule has 0 saturated carbocycles. The quantitative estimate of drug-likeness (QED) is 0.642. The van der Waals surface area contributed by atoms with E-state index in [2.05, 4.69) is 31.3 Å². The predicted molar refractivity (Wildman–Crippen MR) is 77.2 cm³/mol. The molecular weight excluding hydrogens is 300 g/mol. The number of hydrogen-bond donors (Lipinski definition) is 1. The van der Waals surface area contributed by atoms with Gasteiger partial charge >= 0.3 is 10.0 Å². The molecule has 0 aliphatic carbocycles. The standard InChI is InChI=1S/C10H16N6O2S2/c1-3-8-5-12-16(6-8)10(11-4-2)14-20(17,18)9-7-19-15-13-9/h5,7-8H,3-4,6H2,1-2H3,(H,11,14). The molecular formula is C10H16N6O2S2. The lowest BCUT2D eigenvalue weighted by atomic mass is 10.1. The Balaban J connectivity index is 2.25. The number of hydrogen-bond acceptors (Lipinski definition) is 6. The molecule has 1 aliphatic rings. The Labute approximate surface area is 121 Å². The minimum Gasteiger partial charge on any atom is -0.354 e. The van der Waals surface area contributed by atoms with Crippen molar-refractivity contribution in [3.8, 4) is 0 Å². The van der Waals surface area contributed by atoms with Gasteiger partial charge in [-0.3, -0.25) is 0 Å². The van der Waals surface area contributed by atoms with E-state index in [4.69, 9.17) is 0 Å². The molecule has 20 heavy (non-hydrogen) atoms. The van der Waals surface area contributed by atoms with Gasteiger partial charge in [-0.25, -0.2) is 5.01 Å².